The molecule has 0 saturated carbocycles. The molecule has 2 aromatic rings. The predicted molar refractivity (Wildman–Crippen MR) is 76.9 cm³/mol. The zero-order valence-corrected chi connectivity index (χ0v) is 11.6. The maximum atomic E-state index is 13.7. The number of hydrogen-bond donors (Lipinski definition) is 1. The van der Waals surface area contributed by atoms with Crippen molar-refractivity contribution in [2.45, 2.75) is 6.92 Å². The van der Waals surface area contributed by atoms with Gasteiger partial charge in [0.1, 0.15) is 5.82 Å². The van der Waals surface area contributed by atoms with Crippen molar-refractivity contribution in [1.29, 1.82) is 0 Å². The molecule has 0 radical (unpaired) electrons. The second kappa shape index (κ2) is 6.17. The first kappa shape index (κ1) is 14.7. The molecule has 1 N–H and O–H groups in total. The lowest BCUT2D eigenvalue weighted by Crippen LogP contribution is -2.14. The van der Waals surface area contributed by atoms with Gasteiger partial charge in [-0.2, -0.15) is 0 Å². The summed E-state index contributed by atoms with van der Waals surface area (Å²) in [6.07, 6.45) is 0. The molecular formula is C16H14FNO3. The van der Waals surface area contributed by atoms with Crippen molar-refractivity contribution in [2.24, 2.45) is 0 Å². The first-order valence-corrected chi connectivity index (χ1v) is 6.27. The third kappa shape index (κ3) is 3.45. The Labute approximate surface area is 121 Å². The Bertz CT molecular complexity index is 680. The van der Waals surface area contributed by atoms with Crippen LogP contribution >= 0.6 is 0 Å². The van der Waals surface area contributed by atoms with Crippen molar-refractivity contribution in [3.05, 3.63) is 65.0 Å². The smallest absolute Gasteiger partial charge is 0.337 e. The molecule has 1 amide bonds. The summed E-state index contributed by atoms with van der Waals surface area (Å²) in [4.78, 5) is 23.3. The van der Waals surface area contributed by atoms with Gasteiger partial charge in [0.25, 0.3) is 5.91 Å². The van der Waals surface area contributed by atoms with E-state index in [2.05, 4.69) is 10.1 Å². The van der Waals surface area contributed by atoms with Gasteiger partial charge in [-0.15, -0.1) is 0 Å². The van der Waals surface area contributed by atoms with E-state index in [4.69, 9.17) is 0 Å². The fourth-order valence-corrected chi connectivity index (χ4v) is 1.81. The van der Waals surface area contributed by atoms with Crippen molar-refractivity contribution in [3.63, 3.8) is 0 Å². The van der Waals surface area contributed by atoms with Crippen molar-refractivity contribution in [2.75, 3.05) is 12.4 Å². The number of esters is 1. The zero-order valence-electron chi connectivity index (χ0n) is 11.6. The van der Waals surface area contributed by atoms with Gasteiger partial charge in [0.05, 0.1) is 18.2 Å². The van der Waals surface area contributed by atoms with Gasteiger partial charge >= 0.3 is 5.97 Å². The highest BCUT2D eigenvalue weighted by molar-refractivity contribution is 6.04. The molecule has 0 aromatic heterocycles. The maximum Gasteiger partial charge on any atom is 0.337 e. The molecule has 21 heavy (non-hydrogen) atoms. The summed E-state index contributed by atoms with van der Waals surface area (Å²) in [5, 5.41) is 2.57. The molecule has 0 aliphatic rings. The lowest BCUT2D eigenvalue weighted by Gasteiger charge is -2.07. The van der Waals surface area contributed by atoms with Crippen LogP contribution in [0.1, 0.15) is 26.3 Å². The number of anilines is 1. The van der Waals surface area contributed by atoms with Crippen LogP contribution in [-0.2, 0) is 4.74 Å². The number of halogens is 1. The van der Waals surface area contributed by atoms with Gasteiger partial charge in [0.2, 0.25) is 0 Å². The van der Waals surface area contributed by atoms with Crippen LogP contribution in [0.2, 0.25) is 0 Å². The summed E-state index contributed by atoms with van der Waals surface area (Å²) >= 11 is 0. The van der Waals surface area contributed by atoms with Crippen molar-refractivity contribution in [3.8, 4) is 0 Å². The third-order valence-corrected chi connectivity index (χ3v) is 2.93. The third-order valence-electron chi connectivity index (χ3n) is 2.93. The number of benzene rings is 2. The van der Waals surface area contributed by atoms with E-state index in [1.165, 1.54) is 31.4 Å². The minimum Gasteiger partial charge on any atom is -0.465 e. The number of hydrogen-bond acceptors (Lipinski definition) is 3. The summed E-state index contributed by atoms with van der Waals surface area (Å²) in [6, 6.07) is 10.5. The van der Waals surface area contributed by atoms with Crippen molar-refractivity contribution in [1.82, 2.24) is 0 Å². The molecule has 0 unspecified atom stereocenters. The van der Waals surface area contributed by atoms with Gasteiger partial charge in [-0.05, 0) is 48.9 Å². The minimum atomic E-state index is -0.571. The van der Waals surface area contributed by atoms with Gasteiger partial charge in [-0.1, -0.05) is 6.07 Å². The topological polar surface area (TPSA) is 55.4 Å². The molecular weight excluding hydrogens is 273 g/mol. The molecule has 0 aliphatic heterocycles. The Hall–Kier alpha value is -2.69. The largest absolute Gasteiger partial charge is 0.465 e. The van der Waals surface area contributed by atoms with Crippen LogP contribution in [-0.4, -0.2) is 19.0 Å². The van der Waals surface area contributed by atoms with Gasteiger partial charge < -0.3 is 10.1 Å². The standard InChI is InChI=1S/C16H14FNO3/c1-10-3-8-13(14(17)9-10)15(19)18-12-6-4-11(5-7-12)16(20)21-2/h3-9H,1-2H3,(H,18,19). The summed E-state index contributed by atoms with van der Waals surface area (Å²) in [6.45, 7) is 1.75. The van der Waals surface area contributed by atoms with E-state index in [0.717, 1.165) is 5.56 Å². The Morgan fingerprint density at radius 3 is 2.33 bits per heavy atom. The SMILES string of the molecule is COC(=O)c1ccc(NC(=O)c2ccc(C)cc2F)cc1. The molecule has 0 bridgehead atoms. The summed E-state index contributed by atoms with van der Waals surface area (Å²) in [5.41, 5.74) is 1.55. The first-order valence-electron chi connectivity index (χ1n) is 6.27. The van der Waals surface area contributed by atoms with Crippen LogP contribution in [0.5, 0.6) is 0 Å². The van der Waals surface area contributed by atoms with E-state index in [1.807, 2.05) is 0 Å². The highest BCUT2D eigenvalue weighted by Gasteiger charge is 2.12. The van der Waals surface area contributed by atoms with Gasteiger partial charge in [-0.3, -0.25) is 4.79 Å². The molecule has 4 nitrogen and oxygen atoms in total. The predicted octanol–water partition coefficient (Wildman–Crippen LogP) is 3.17. The molecule has 0 fully saturated rings. The van der Waals surface area contributed by atoms with Crippen LogP contribution in [0.15, 0.2) is 42.5 Å². The molecule has 0 heterocycles. The van der Waals surface area contributed by atoms with E-state index >= 15 is 0 Å². The van der Waals surface area contributed by atoms with Crippen LogP contribution < -0.4 is 5.32 Å². The molecule has 2 rings (SSSR count). The van der Waals surface area contributed by atoms with Crippen molar-refractivity contribution < 1.29 is 18.7 Å². The van der Waals surface area contributed by atoms with Crippen LogP contribution in [0.25, 0.3) is 0 Å². The first-order chi connectivity index (χ1) is 10.0. The highest BCUT2D eigenvalue weighted by Crippen LogP contribution is 2.14. The number of methoxy groups -OCH3 is 1. The quantitative estimate of drug-likeness (QED) is 0.882. The fraction of sp³-hybridized carbons (Fsp3) is 0.125. The molecule has 108 valence electrons. The van der Waals surface area contributed by atoms with Gasteiger partial charge in [0, 0.05) is 5.69 Å². The summed E-state index contributed by atoms with van der Waals surface area (Å²) < 4.78 is 18.3. The van der Waals surface area contributed by atoms with Crippen LogP contribution in [0.3, 0.4) is 0 Å². The number of rotatable bonds is 3. The second-order valence-corrected chi connectivity index (χ2v) is 4.51. The second-order valence-electron chi connectivity index (χ2n) is 4.51. The number of ether oxygens (including phenoxy) is 1. The molecule has 0 saturated heterocycles. The van der Waals surface area contributed by atoms with Gasteiger partial charge in [-0.25, -0.2) is 9.18 Å². The van der Waals surface area contributed by atoms with E-state index < -0.39 is 17.7 Å². The van der Waals surface area contributed by atoms with E-state index in [1.54, 1.807) is 25.1 Å². The number of amides is 1. The lowest BCUT2D eigenvalue weighted by atomic mass is 10.1. The Balaban J connectivity index is 2.14. The zero-order chi connectivity index (χ0) is 15.4. The van der Waals surface area contributed by atoms with Crippen LogP contribution in [0.4, 0.5) is 10.1 Å². The van der Waals surface area contributed by atoms with E-state index in [-0.39, 0.29) is 5.56 Å². The number of carbonyl (C=O) groups excluding carboxylic acids is 2. The number of aryl methyl sites for hydroxylation is 1. The Morgan fingerprint density at radius 1 is 1.10 bits per heavy atom. The van der Waals surface area contributed by atoms with Crippen LogP contribution in [0, 0.1) is 12.7 Å². The number of nitrogens with one attached hydrogen (secondary N) is 1. The molecule has 0 atom stereocenters. The maximum absolute atomic E-state index is 13.7. The monoisotopic (exact) mass is 287 g/mol. The normalized spacial score (nSPS) is 10.0. The van der Waals surface area contributed by atoms with E-state index in [0.29, 0.717) is 11.3 Å². The Morgan fingerprint density at radius 2 is 1.76 bits per heavy atom. The molecule has 2 aromatic carbocycles. The molecule has 0 aliphatic carbocycles. The van der Waals surface area contributed by atoms with Crippen molar-refractivity contribution >= 4 is 17.6 Å². The Kier molecular flexibility index (Phi) is 4.33. The summed E-state index contributed by atoms with van der Waals surface area (Å²) in [5.74, 6) is -1.57. The minimum absolute atomic E-state index is 0.0300. The molecule has 0 spiro atoms. The average molecular weight is 287 g/mol. The summed E-state index contributed by atoms with van der Waals surface area (Å²) in [7, 11) is 1.29. The van der Waals surface area contributed by atoms with Gasteiger partial charge in [0.15, 0.2) is 0 Å². The highest BCUT2D eigenvalue weighted by atomic mass is 19.1. The average Bonchev–Trinajstić information content (AvgIpc) is 2.47. The van der Waals surface area contributed by atoms with E-state index in [9.17, 15) is 14.0 Å². The fourth-order valence-electron chi connectivity index (χ4n) is 1.81. The lowest BCUT2D eigenvalue weighted by molar-refractivity contribution is 0.0600. The number of carbonyl (C=O) groups is 2. The molecule has 5 heteroatoms.